The minimum Gasteiger partial charge on any atom is -0.478 e. The minimum absolute atomic E-state index is 0.212. The van der Waals surface area contributed by atoms with Gasteiger partial charge in [0, 0.05) is 27.6 Å². The van der Waals surface area contributed by atoms with Crippen LogP contribution in [0.1, 0.15) is 16.1 Å². The van der Waals surface area contributed by atoms with Crippen LogP contribution in [0.4, 0.5) is 23.1 Å². The van der Waals surface area contributed by atoms with Crippen LogP contribution in [0.5, 0.6) is 0 Å². The topological polar surface area (TPSA) is 87.1 Å². The van der Waals surface area contributed by atoms with E-state index in [1.165, 1.54) is 0 Å². The van der Waals surface area contributed by atoms with Gasteiger partial charge in [0.05, 0.1) is 5.56 Å². The number of hydrogen-bond acceptors (Lipinski definition) is 5. The van der Waals surface area contributed by atoms with Gasteiger partial charge in [-0.05, 0) is 49.4 Å². The van der Waals surface area contributed by atoms with E-state index in [9.17, 15) is 4.79 Å². The first-order chi connectivity index (χ1) is 12.0. The third kappa shape index (κ3) is 4.54. The molecule has 0 atom stereocenters. The number of nitrogens with one attached hydrogen (secondary N) is 2. The quantitative estimate of drug-likeness (QED) is 0.575. The first kappa shape index (κ1) is 16.9. The number of carboxylic acids is 1. The van der Waals surface area contributed by atoms with Gasteiger partial charge < -0.3 is 15.7 Å². The largest absolute Gasteiger partial charge is 0.478 e. The summed E-state index contributed by atoms with van der Waals surface area (Å²) in [5.74, 6) is 0.0639. The smallest absolute Gasteiger partial charge is 0.335 e. The summed E-state index contributed by atoms with van der Waals surface area (Å²) in [5, 5.41) is 15.3. The molecule has 0 saturated heterocycles. The molecule has 3 N–H and O–H groups in total. The lowest BCUT2D eigenvalue weighted by Crippen LogP contribution is -2.03. The molecule has 3 rings (SSSR count). The van der Waals surface area contributed by atoms with E-state index in [1.807, 2.05) is 31.2 Å². The fraction of sp³-hybridized carbons (Fsp3) is 0.0556. The Bertz CT molecular complexity index is 913. The third-order valence-corrected chi connectivity index (χ3v) is 3.87. The number of aromatic carboxylic acids is 1. The monoisotopic (exact) mass is 398 g/mol. The molecular weight excluding hydrogens is 384 g/mol. The number of nitrogens with zero attached hydrogens (tertiary/aromatic N) is 2. The van der Waals surface area contributed by atoms with Crippen LogP contribution in [0.15, 0.2) is 59.1 Å². The van der Waals surface area contributed by atoms with Crippen molar-refractivity contribution >= 4 is 45.0 Å². The number of hydrogen-bond donors (Lipinski definition) is 3. The number of halogens is 1. The molecule has 0 radical (unpaired) electrons. The van der Waals surface area contributed by atoms with Crippen LogP contribution >= 0.6 is 15.9 Å². The summed E-state index contributed by atoms with van der Waals surface area (Å²) in [4.78, 5) is 19.9. The van der Waals surface area contributed by atoms with Crippen LogP contribution in [0.3, 0.4) is 0 Å². The average molecular weight is 399 g/mol. The van der Waals surface area contributed by atoms with Crippen molar-refractivity contribution in [2.24, 2.45) is 0 Å². The van der Waals surface area contributed by atoms with Gasteiger partial charge in [-0.15, -0.1) is 0 Å². The molecule has 7 heteroatoms. The molecule has 3 aromatic rings. The molecule has 0 aliphatic heterocycles. The normalized spacial score (nSPS) is 10.3. The second kappa shape index (κ2) is 7.31. The molecule has 25 heavy (non-hydrogen) atoms. The average Bonchev–Trinajstić information content (AvgIpc) is 2.57. The Hall–Kier alpha value is -2.93. The van der Waals surface area contributed by atoms with Crippen molar-refractivity contribution in [1.82, 2.24) is 9.97 Å². The highest BCUT2D eigenvalue weighted by Crippen LogP contribution is 2.21. The van der Waals surface area contributed by atoms with Crippen molar-refractivity contribution in [1.29, 1.82) is 0 Å². The number of aryl methyl sites for hydroxylation is 1. The summed E-state index contributed by atoms with van der Waals surface area (Å²) in [7, 11) is 0. The van der Waals surface area contributed by atoms with Gasteiger partial charge in [-0.1, -0.05) is 22.0 Å². The van der Waals surface area contributed by atoms with E-state index < -0.39 is 5.97 Å². The zero-order valence-corrected chi connectivity index (χ0v) is 14.9. The fourth-order valence-corrected chi connectivity index (χ4v) is 2.49. The Labute approximate surface area is 153 Å². The maximum atomic E-state index is 11.1. The van der Waals surface area contributed by atoms with Gasteiger partial charge in [0.25, 0.3) is 0 Å². The lowest BCUT2D eigenvalue weighted by Gasteiger charge is -2.10. The third-order valence-electron chi connectivity index (χ3n) is 3.34. The Balaban J connectivity index is 1.83. The summed E-state index contributed by atoms with van der Waals surface area (Å²) in [6, 6.07) is 16.0. The number of rotatable bonds is 5. The summed E-state index contributed by atoms with van der Waals surface area (Å²) in [6.45, 7) is 1.87. The predicted octanol–water partition coefficient (Wildman–Crippen LogP) is 4.73. The molecular formula is C18H15BrN4O2. The maximum absolute atomic E-state index is 11.1. The van der Waals surface area contributed by atoms with Crippen molar-refractivity contribution in [3.63, 3.8) is 0 Å². The van der Waals surface area contributed by atoms with Crippen molar-refractivity contribution in [3.8, 4) is 0 Å². The Morgan fingerprint density at radius 3 is 2.48 bits per heavy atom. The first-order valence-corrected chi connectivity index (χ1v) is 8.27. The number of carboxylic acid groups (broad SMARTS) is 1. The van der Waals surface area contributed by atoms with Gasteiger partial charge in [0.2, 0.25) is 5.95 Å². The molecule has 0 spiro atoms. The van der Waals surface area contributed by atoms with Gasteiger partial charge in [-0.25, -0.2) is 9.78 Å². The van der Waals surface area contributed by atoms with E-state index in [2.05, 4.69) is 36.5 Å². The van der Waals surface area contributed by atoms with Crippen LogP contribution in [-0.4, -0.2) is 21.0 Å². The first-order valence-electron chi connectivity index (χ1n) is 7.48. The Kier molecular flexibility index (Phi) is 4.95. The second-order valence-corrected chi connectivity index (χ2v) is 6.28. The SMILES string of the molecule is Cc1cc(Nc2cccc(C(=O)O)c2)nc(Nc2ccc(Br)cc2)n1. The zero-order valence-electron chi connectivity index (χ0n) is 13.3. The molecule has 0 bridgehead atoms. The summed E-state index contributed by atoms with van der Waals surface area (Å²) >= 11 is 3.40. The number of aromatic nitrogens is 2. The van der Waals surface area contributed by atoms with E-state index >= 15 is 0 Å². The molecule has 126 valence electrons. The Morgan fingerprint density at radius 1 is 1.00 bits per heavy atom. The van der Waals surface area contributed by atoms with Crippen LogP contribution in [0.25, 0.3) is 0 Å². The lowest BCUT2D eigenvalue weighted by molar-refractivity contribution is 0.0697. The lowest BCUT2D eigenvalue weighted by atomic mass is 10.2. The van der Waals surface area contributed by atoms with Gasteiger partial charge in [0.15, 0.2) is 0 Å². The van der Waals surface area contributed by atoms with Gasteiger partial charge in [-0.2, -0.15) is 4.98 Å². The molecule has 1 heterocycles. The van der Waals surface area contributed by atoms with Crippen LogP contribution in [-0.2, 0) is 0 Å². The minimum atomic E-state index is -0.972. The van der Waals surface area contributed by atoms with E-state index in [0.29, 0.717) is 17.5 Å². The number of benzene rings is 2. The standard InChI is InChI=1S/C18H15BrN4O2/c1-11-9-16(21-15-4-2-3-12(10-15)17(24)25)23-18(20-11)22-14-7-5-13(19)6-8-14/h2-10H,1H3,(H,24,25)(H2,20,21,22,23). The fourth-order valence-electron chi connectivity index (χ4n) is 2.23. The van der Waals surface area contributed by atoms with E-state index in [0.717, 1.165) is 15.9 Å². The predicted molar refractivity (Wildman–Crippen MR) is 101 cm³/mol. The molecule has 0 amide bonds. The number of anilines is 4. The molecule has 0 aliphatic rings. The van der Waals surface area contributed by atoms with Gasteiger partial charge in [0.1, 0.15) is 5.82 Å². The Morgan fingerprint density at radius 2 is 1.76 bits per heavy atom. The molecule has 0 fully saturated rings. The van der Waals surface area contributed by atoms with Crippen LogP contribution in [0, 0.1) is 6.92 Å². The van der Waals surface area contributed by atoms with Gasteiger partial charge >= 0.3 is 5.97 Å². The van der Waals surface area contributed by atoms with E-state index in [4.69, 9.17) is 5.11 Å². The molecule has 0 unspecified atom stereocenters. The van der Waals surface area contributed by atoms with Crippen LogP contribution in [0.2, 0.25) is 0 Å². The molecule has 0 saturated carbocycles. The van der Waals surface area contributed by atoms with E-state index in [1.54, 1.807) is 30.3 Å². The zero-order chi connectivity index (χ0) is 17.8. The second-order valence-electron chi connectivity index (χ2n) is 5.36. The number of carbonyl (C=O) groups is 1. The molecule has 0 aliphatic carbocycles. The highest BCUT2D eigenvalue weighted by atomic mass is 79.9. The van der Waals surface area contributed by atoms with Crippen molar-refractivity contribution in [2.45, 2.75) is 6.92 Å². The molecule has 2 aromatic carbocycles. The van der Waals surface area contributed by atoms with Crippen molar-refractivity contribution in [3.05, 3.63) is 70.3 Å². The summed E-state index contributed by atoms with van der Waals surface area (Å²) in [6.07, 6.45) is 0. The van der Waals surface area contributed by atoms with Crippen molar-refractivity contribution < 1.29 is 9.90 Å². The highest BCUT2D eigenvalue weighted by Gasteiger charge is 2.06. The molecule has 1 aromatic heterocycles. The van der Waals surface area contributed by atoms with Crippen LogP contribution < -0.4 is 10.6 Å². The van der Waals surface area contributed by atoms with E-state index in [-0.39, 0.29) is 5.56 Å². The highest BCUT2D eigenvalue weighted by molar-refractivity contribution is 9.10. The molecule has 6 nitrogen and oxygen atoms in total. The van der Waals surface area contributed by atoms with Crippen molar-refractivity contribution in [2.75, 3.05) is 10.6 Å². The summed E-state index contributed by atoms with van der Waals surface area (Å²) in [5.41, 5.74) is 2.51. The summed E-state index contributed by atoms with van der Waals surface area (Å²) < 4.78 is 0.990. The van der Waals surface area contributed by atoms with Gasteiger partial charge in [-0.3, -0.25) is 0 Å². The maximum Gasteiger partial charge on any atom is 0.335 e.